The summed E-state index contributed by atoms with van der Waals surface area (Å²) in [7, 11) is -2.83. The Morgan fingerprint density at radius 1 is 1.03 bits per heavy atom. The maximum atomic E-state index is 13.5. The third kappa shape index (κ3) is 6.19. The predicted octanol–water partition coefficient (Wildman–Crippen LogP) is 3.62. The zero-order valence-electron chi connectivity index (χ0n) is 16.7. The number of methoxy groups -OCH3 is 1. The molecular weight excluding hydrogens is 405 g/mol. The average molecular weight is 430 g/mol. The molecule has 2 rings (SSSR count). The van der Waals surface area contributed by atoms with Crippen LogP contribution >= 0.6 is 0 Å². The van der Waals surface area contributed by atoms with Crippen LogP contribution in [0, 0.1) is 20.8 Å². The molecule has 0 amide bonds. The first-order valence-corrected chi connectivity index (χ1v) is 10.4. The molecule has 9 heteroatoms. The highest BCUT2D eigenvalue weighted by Crippen LogP contribution is 2.25. The van der Waals surface area contributed by atoms with E-state index >= 15 is 0 Å². The number of hydrogen-bond acceptors (Lipinski definition) is 4. The Hall–Kier alpha value is -2.10. The molecule has 0 fully saturated rings. The molecule has 2 aromatic carbocycles. The van der Waals surface area contributed by atoms with Gasteiger partial charge < -0.3 is 10.1 Å². The fraction of sp³-hybridized carbons (Fsp3) is 0.400. The van der Waals surface area contributed by atoms with Crippen LogP contribution in [0.1, 0.15) is 22.3 Å². The zero-order chi connectivity index (χ0) is 21.8. The number of rotatable bonds is 8. The smallest absolute Gasteiger partial charge is 0.406 e. The zero-order valence-corrected chi connectivity index (χ0v) is 17.5. The SMILES string of the molecule is COc1ccc(CNCC(NS(=O)(=O)c2c(C)cc(C)cc2C)C(F)(F)F)cc1. The van der Waals surface area contributed by atoms with Crippen LogP contribution in [0.25, 0.3) is 0 Å². The average Bonchev–Trinajstić information content (AvgIpc) is 2.59. The lowest BCUT2D eigenvalue weighted by molar-refractivity contribution is -0.150. The summed E-state index contributed by atoms with van der Waals surface area (Å²) >= 11 is 0. The fourth-order valence-electron chi connectivity index (χ4n) is 3.17. The van der Waals surface area contributed by atoms with Crippen molar-refractivity contribution in [3.63, 3.8) is 0 Å². The van der Waals surface area contributed by atoms with E-state index < -0.39 is 28.8 Å². The van der Waals surface area contributed by atoms with Crippen LogP contribution in [-0.2, 0) is 16.6 Å². The Labute approximate surface area is 169 Å². The summed E-state index contributed by atoms with van der Waals surface area (Å²) in [6.07, 6.45) is -4.74. The van der Waals surface area contributed by atoms with Gasteiger partial charge in [-0.3, -0.25) is 0 Å². The molecule has 29 heavy (non-hydrogen) atoms. The third-order valence-corrected chi connectivity index (χ3v) is 6.18. The molecule has 0 radical (unpaired) electrons. The van der Waals surface area contributed by atoms with Gasteiger partial charge in [-0.05, 0) is 49.6 Å². The number of ether oxygens (including phenoxy) is 1. The van der Waals surface area contributed by atoms with Crippen molar-refractivity contribution < 1.29 is 26.3 Å². The first kappa shape index (κ1) is 23.2. The molecule has 2 aromatic rings. The van der Waals surface area contributed by atoms with Gasteiger partial charge in [-0.1, -0.05) is 29.8 Å². The number of sulfonamides is 1. The van der Waals surface area contributed by atoms with E-state index in [0.29, 0.717) is 16.9 Å². The van der Waals surface area contributed by atoms with Crippen LogP contribution in [0.4, 0.5) is 13.2 Å². The summed E-state index contributed by atoms with van der Waals surface area (Å²) in [5.74, 6) is 0.638. The van der Waals surface area contributed by atoms with Gasteiger partial charge in [0.05, 0.1) is 12.0 Å². The van der Waals surface area contributed by atoms with Gasteiger partial charge in [-0.2, -0.15) is 17.9 Å². The molecule has 160 valence electrons. The number of halogens is 3. The number of aryl methyl sites for hydroxylation is 3. The number of benzene rings is 2. The van der Waals surface area contributed by atoms with E-state index in [2.05, 4.69) is 5.32 Å². The minimum Gasteiger partial charge on any atom is -0.497 e. The second kappa shape index (κ2) is 9.15. The van der Waals surface area contributed by atoms with E-state index in [4.69, 9.17) is 4.74 Å². The molecule has 0 aromatic heterocycles. The van der Waals surface area contributed by atoms with E-state index in [1.54, 1.807) is 57.2 Å². The van der Waals surface area contributed by atoms with Crippen molar-refractivity contribution in [3.05, 3.63) is 58.7 Å². The van der Waals surface area contributed by atoms with Gasteiger partial charge in [0.25, 0.3) is 0 Å². The normalized spacial score (nSPS) is 13.3. The summed E-state index contributed by atoms with van der Waals surface area (Å²) in [6, 6.07) is 7.84. The number of alkyl halides is 3. The highest BCUT2D eigenvalue weighted by atomic mass is 32.2. The van der Waals surface area contributed by atoms with Crippen LogP contribution in [0.3, 0.4) is 0 Å². The Morgan fingerprint density at radius 2 is 1.59 bits per heavy atom. The van der Waals surface area contributed by atoms with Crippen LogP contribution in [0.5, 0.6) is 5.75 Å². The summed E-state index contributed by atoms with van der Waals surface area (Å²) in [5.41, 5.74) is 2.40. The molecule has 0 spiro atoms. The second-order valence-electron chi connectivity index (χ2n) is 6.92. The summed E-state index contributed by atoms with van der Waals surface area (Å²) in [6.45, 7) is 4.49. The molecule has 0 aliphatic carbocycles. The van der Waals surface area contributed by atoms with Crippen molar-refractivity contribution in [2.24, 2.45) is 0 Å². The van der Waals surface area contributed by atoms with Gasteiger partial charge >= 0.3 is 6.18 Å². The van der Waals surface area contributed by atoms with Gasteiger partial charge in [0, 0.05) is 13.1 Å². The molecular formula is C20H25F3N2O3S. The van der Waals surface area contributed by atoms with Gasteiger partial charge in [-0.25, -0.2) is 8.42 Å². The van der Waals surface area contributed by atoms with Crippen molar-refractivity contribution >= 4 is 10.0 Å². The molecule has 0 aliphatic heterocycles. The van der Waals surface area contributed by atoms with E-state index in [0.717, 1.165) is 11.1 Å². The number of nitrogens with one attached hydrogen (secondary N) is 2. The Kier molecular flexibility index (Phi) is 7.31. The lowest BCUT2D eigenvalue weighted by Gasteiger charge is -2.23. The van der Waals surface area contributed by atoms with Crippen molar-refractivity contribution in [2.75, 3.05) is 13.7 Å². The van der Waals surface area contributed by atoms with Crippen LogP contribution < -0.4 is 14.8 Å². The molecule has 1 atom stereocenters. The minimum absolute atomic E-state index is 0.118. The van der Waals surface area contributed by atoms with Crippen LogP contribution in [0.15, 0.2) is 41.3 Å². The Balaban J connectivity index is 2.14. The van der Waals surface area contributed by atoms with Gasteiger partial charge in [-0.15, -0.1) is 0 Å². The molecule has 0 aliphatic rings. The molecule has 2 N–H and O–H groups in total. The number of hydrogen-bond donors (Lipinski definition) is 2. The third-order valence-electron chi connectivity index (χ3n) is 4.40. The van der Waals surface area contributed by atoms with Gasteiger partial charge in [0.2, 0.25) is 10.0 Å². The van der Waals surface area contributed by atoms with Crippen molar-refractivity contribution in [1.29, 1.82) is 0 Å². The molecule has 0 heterocycles. The molecule has 5 nitrogen and oxygen atoms in total. The van der Waals surface area contributed by atoms with Crippen molar-refractivity contribution in [2.45, 2.75) is 44.4 Å². The van der Waals surface area contributed by atoms with Gasteiger partial charge in [0.15, 0.2) is 0 Å². The standard InChI is InChI=1S/C20H25F3N2O3S/c1-13-9-14(2)19(15(3)10-13)29(26,27)25-18(20(21,22)23)12-24-11-16-5-7-17(28-4)8-6-16/h5-10,18,24-25H,11-12H2,1-4H3. The van der Waals surface area contributed by atoms with Crippen molar-refractivity contribution in [3.8, 4) is 5.75 Å². The topological polar surface area (TPSA) is 67.4 Å². The molecule has 0 saturated carbocycles. The maximum absolute atomic E-state index is 13.5. The van der Waals surface area contributed by atoms with E-state index in [1.165, 1.54) is 7.11 Å². The Bertz CT molecular complexity index is 919. The first-order valence-electron chi connectivity index (χ1n) is 8.94. The molecule has 0 saturated heterocycles. The summed E-state index contributed by atoms with van der Waals surface area (Å²) in [4.78, 5) is -0.118. The molecule has 0 bridgehead atoms. The summed E-state index contributed by atoms with van der Waals surface area (Å²) in [5, 5.41) is 2.67. The second-order valence-corrected chi connectivity index (χ2v) is 8.57. The lowest BCUT2D eigenvalue weighted by Crippen LogP contribution is -2.51. The first-order chi connectivity index (χ1) is 13.4. The lowest BCUT2D eigenvalue weighted by atomic mass is 10.1. The van der Waals surface area contributed by atoms with Gasteiger partial charge in [0.1, 0.15) is 11.8 Å². The predicted molar refractivity (Wildman–Crippen MR) is 106 cm³/mol. The van der Waals surface area contributed by atoms with E-state index in [9.17, 15) is 21.6 Å². The van der Waals surface area contributed by atoms with Crippen LogP contribution in [-0.4, -0.2) is 34.3 Å². The fourth-order valence-corrected chi connectivity index (χ4v) is 4.84. The highest BCUT2D eigenvalue weighted by molar-refractivity contribution is 7.89. The summed E-state index contributed by atoms with van der Waals surface area (Å²) < 4.78 is 72.7. The quantitative estimate of drug-likeness (QED) is 0.671. The van der Waals surface area contributed by atoms with E-state index in [1.807, 2.05) is 4.72 Å². The van der Waals surface area contributed by atoms with Crippen molar-refractivity contribution in [1.82, 2.24) is 10.0 Å². The highest BCUT2D eigenvalue weighted by Gasteiger charge is 2.42. The molecule has 1 unspecified atom stereocenters. The van der Waals surface area contributed by atoms with Crippen LogP contribution in [0.2, 0.25) is 0 Å². The Morgan fingerprint density at radius 3 is 2.07 bits per heavy atom. The van der Waals surface area contributed by atoms with E-state index in [-0.39, 0.29) is 11.4 Å². The monoisotopic (exact) mass is 430 g/mol. The largest absolute Gasteiger partial charge is 0.497 e. The maximum Gasteiger partial charge on any atom is 0.406 e. The minimum atomic E-state index is -4.74.